The second-order valence-corrected chi connectivity index (χ2v) is 5.45. The third-order valence-electron chi connectivity index (χ3n) is 2.54. The monoisotopic (exact) mass is 238 g/mol. The molecule has 4 nitrogen and oxygen atoms in total. The van der Waals surface area contributed by atoms with Crippen molar-refractivity contribution < 1.29 is 9.59 Å². The van der Waals surface area contributed by atoms with Gasteiger partial charge in [-0.15, -0.1) is 11.3 Å². The highest BCUT2D eigenvalue weighted by atomic mass is 32.1. The third kappa shape index (κ3) is 2.09. The van der Waals surface area contributed by atoms with Crippen molar-refractivity contribution in [2.45, 2.75) is 25.9 Å². The first-order valence-electron chi connectivity index (χ1n) is 5.12. The van der Waals surface area contributed by atoms with Crippen LogP contribution in [0.3, 0.4) is 0 Å². The van der Waals surface area contributed by atoms with E-state index in [2.05, 4.69) is 5.32 Å². The number of thiophene rings is 1. The smallest absolute Gasteiger partial charge is 0.248 e. The zero-order valence-electron chi connectivity index (χ0n) is 9.32. The molecule has 0 aromatic carbocycles. The van der Waals surface area contributed by atoms with Crippen LogP contribution in [-0.2, 0) is 16.1 Å². The summed E-state index contributed by atoms with van der Waals surface area (Å²) < 4.78 is 0. The van der Waals surface area contributed by atoms with E-state index in [0.717, 1.165) is 4.88 Å². The lowest BCUT2D eigenvalue weighted by molar-refractivity contribution is -0.148. The van der Waals surface area contributed by atoms with Crippen LogP contribution in [-0.4, -0.2) is 28.8 Å². The van der Waals surface area contributed by atoms with Gasteiger partial charge in [0.05, 0.1) is 6.54 Å². The fraction of sp³-hybridized carbons (Fsp3) is 0.455. The lowest BCUT2D eigenvalue weighted by Crippen LogP contribution is -2.63. The van der Waals surface area contributed by atoms with E-state index >= 15 is 0 Å². The summed E-state index contributed by atoms with van der Waals surface area (Å²) in [6.45, 7) is 4.13. The van der Waals surface area contributed by atoms with Gasteiger partial charge < -0.3 is 10.2 Å². The fourth-order valence-corrected chi connectivity index (χ4v) is 2.52. The molecular weight excluding hydrogens is 224 g/mol. The Hall–Kier alpha value is -1.36. The van der Waals surface area contributed by atoms with E-state index in [4.69, 9.17) is 0 Å². The zero-order valence-corrected chi connectivity index (χ0v) is 10.1. The average molecular weight is 238 g/mol. The number of rotatable bonds is 2. The molecule has 0 unspecified atom stereocenters. The van der Waals surface area contributed by atoms with Crippen LogP contribution in [0.15, 0.2) is 17.5 Å². The van der Waals surface area contributed by atoms with Gasteiger partial charge in [0.2, 0.25) is 11.8 Å². The lowest BCUT2D eigenvalue weighted by atomic mass is 10.0. The first-order chi connectivity index (χ1) is 7.49. The minimum atomic E-state index is -0.785. The van der Waals surface area contributed by atoms with Crippen molar-refractivity contribution in [2.24, 2.45) is 0 Å². The van der Waals surface area contributed by atoms with Gasteiger partial charge in [0.15, 0.2) is 0 Å². The molecule has 1 aromatic rings. The van der Waals surface area contributed by atoms with Crippen molar-refractivity contribution in [3.8, 4) is 0 Å². The number of carbonyl (C=O) groups excluding carboxylic acids is 2. The Morgan fingerprint density at radius 2 is 2.25 bits per heavy atom. The van der Waals surface area contributed by atoms with E-state index < -0.39 is 5.54 Å². The molecule has 2 rings (SSSR count). The van der Waals surface area contributed by atoms with Crippen LogP contribution in [0.4, 0.5) is 0 Å². The summed E-state index contributed by atoms with van der Waals surface area (Å²) in [4.78, 5) is 26.2. The van der Waals surface area contributed by atoms with E-state index in [1.165, 1.54) is 0 Å². The summed E-state index contributed by atoms with van der Waals surface area (Å²) in [5, 5.41) is 4.66. The molecule has 1 aromatic heterocycles. The zero-order chi connectivity index (χ0) is 11.8. The Morgan fingerprint density at radius 1 is 1.50 bits per heavy atom. The normalized spacial score (nSPS) is 19.8. The molecule has 0 saturated carbocycles. The molecule has 86 valence electrons. The number of nitrogens with one attached hydrogen (secondary N) is 1. The lowest BCUT2D eigenvalue weighted by Gasteiger charge is -2.37. The first kappa shape index (κ1) is 11.1. The molecule has 1 fully saturated rings. The van der Waals surface area contributed by atoms with Gasteiger partial charge in [0, 0.05) is 4.88 Å². The molecule has 1 N–H and O–H groups in total. The highest BCUT2D eigenvalue weighted by Gasteiger charge is 2.38. The van der Waals surface area contributed by atoms with Crippen molar-refractivity contribution in [1.29, 1.82) is 0 Å². The summed E-state index contributed by atoms with van der Waals surface area (Å²) >= 11 is 1.59. The molecule has 0 atom stereocenters. The molecule has 16 heavy (non-hydrogen) atoms. The van der Waals surface area contributed by atoms with E-state index in [9.17, 15) is 9.59 Å². The van der Waals surface area contributed by atoms with Gasteiger partial charge in [0.25, 0.3) is 0 Å². The summed E-state index contributed by atoms with van der Waals surface area (Å²) in [5.74, 6) is -0.123. The standard InChI is InChI=1S/C11H14N2O2S/c1-11(2)10(15)13(7-9(14)12-11)6-8-4-3-5-16-8/h3-5H,6-7H2,1-2H3,(H,12,14). The number of hydrogen-bond donors (Lipinski definition) is 1. The van der Waals surface area contributed by atoms with Gasteiger partial charge >= 0.3 is 0 Å². The first-order valence-corrected chi connectivity index (χ1v) is 6.00. The molecule has 0 radical (unpaired) electrons. The summed E-state index contributed by atoms with van der Waals surface area (Å²) in [5.41, 5.74) is -0.785. The Balaban J connectivity index is 2.14. The van der Waals surface area contributed by atoms with Crippen molar-refractivity contribution >= 4 is 23.2 Å². The SMILES string of the molecule is CC1(C)NC(=O)CN(Cc2cccs2)C1=O. The molecule has 1 aliphatic heterocycles. The van der Waals surface area contributed by atoms with E-state index in [1.54, 1.807) is 30.1 Å². The Morgan fingerprint density at radius 3 is 2.88 bits per heavy atom. The predicted octanol–water partition coefficient (Wildman–Crippen LogP) is 0.985. The molecule has 0 aliphatic carbocycles. The molecule has 5 heteroatoms. The van der Waals surface area contributed by atoms with Crippen molar-refractivity contribution in [1.82, 2.24) is 10.2 Å². The molecule has 0 bridgehead atoms. The quantitative estimate of drug-likeness (QED) is 0.835. The molecule has 1 aliphatic rings. The summed E-state index contributed by atoms with van der Waals surface area (Å²) in [6.07, 6.45) is 0. The Labute approximate surface area is 98.3 Å². The van der Waals surface area contributed by atoms with Gasteiger partial charge in [0.1, 0.15) is 12.1 Å². The molecular formula is C11H14N2O2S. The van der Waals surface area contributed by atoms with E-state index in [-0.39, 0.29) is 18.4 Å². The van der Waals surface area contributed by atoms with Crippen LogP contribution < -0.4 is 5.32 Å². The van der Waals surface area contributed by atoms with E-state index in [0.29, 0.717) is 6.54 Å². The number of nitrogens with zero attached hydrogens (tertiary/aromatic N) is 1. The van der Waals surface area contributed by atoms with Gasteiger partial charge in [-0.25, -0.2) is 0 Å². The van der Waals surface area contributed by atoms with Crippen LogP contribution in [0.1, 0.15) is 18.7 Å². The largest absolute Gasteiger partial charge is 0.341 e. The molecule has 0 spiro atoms. The maximum atomic E-state index is 12.0. The van der Waals surface area contributed by atoms with Gasteiger partial charge in [-0.2, -0.15) is 0 Å². The van der Waals surface area contributed by atoms with Crippen LogP contribution in [0.25, 0.3) is 0 Å². The second kappa shape index (κ2) is 3.90. The highest BCUT2D eigenvalue weighted by Crippen LogP contribution is 2.18. The maximum Gasteiger partial charge on any atom is 0.248 e. The molecule has 2 amide bonds. The molecule has 1 saturated heterocycles. The van der Waals surface area contributed by atoms with Gasteiger partial charge in [-0.05, 0) is 25.3 Å². The summed E-state index contributed by atoms with van der Waals surface area (Å²) in [7, 11) is 0. The minimum absolute atomic E-state index is 0.0273. The number of piperazine rings is 1. The Bertz CT molecular complexity index is 412. The van der Waals surface area contributed by atoms with Crippen LogP contribution in [0.2, 0.25) is 0 Å². The maximum absolute atomic E-state index is 12.0. The Kier molecular flexibility index (Phi) is 2.71. The van der Waals surface area contributed by atoms with Gasteiger partial charge in [-0.1, -0.05) is 6.07 Å². The summed E-state index contributed by atoms with van der Waals surface area (Å²) in [6, 6.07) is 3.91. The highest BCUT2D eigenvalue weighted by molar-refractivity contribution is 7.09. The van der Waals surface area contributed by atoms with Crippen molar-refractivity contribution in [3.05, 3.63) is 22.4 Å². The van der Waals surface area contributed by atoms with Gasteiger partial charge in [-0.3, -0.25) is 9.59 Å². The predicted molar refractivity (Wildman–Crippen MR) is 62.0 cm³/mol. The van der Waals surface area contributed by atoms with E-state index in [1.807, 2.05) is 17.5 Å². The minimum Gasteiger partial charge on any atom is -0.341 e. The topological polar surface area (TPSA) is 49.4 Å². The van der Waals surface area contributed by atoms with Crippen LogP contribution in [0, 0.1) is 0 Å². The number of amides is 2. The number of carbonyl (C=O) groups is 2. The second-order valence-electron chi connectivity index (χ2n) is 4.41. The average Bonchev–Trinajstić information content (AvgIpc) is 2.65. The van der Waals surface area contributed by atoms with Crippen LogP contribution >= 0.6 is 11.3 Å². The van der Waals surface area contributed by atoms with Crippen LogP contribution in [0.5, 0.6) is 0 Å². The van der Waals surface area contributed by atoms with Crippen molar-refractivity contribution in [2.75, 3.05) is 6.54 Å². The third-order valence-corrected chi connectivity index (χ3v) is 3.40. The van der Waals surface area contributed by atoms with Crippen molar-refractivity contribution in [3.63, 3.8) is 0 Å². The molecule has 2 heterocycles. The fourth-order valence-electron chi connectivity index (χ4n) is 1.80. The number of hydrogen-bond acceptors (Lipinski definition) is 3.